The molecular formula is C28H31ClN4O3S2. The van der Waals surface area contributed by atoms with Gasteiger partial charge in [-0.3, -0.25) is 9.69 Å². The van der Waals surface area contributed by atoms with Crippen LogP contribution in [0.1, 0.15) is 29.3 Å². The van der Waals surface area contributed by atoms with Crippen molar-refractivity contribution in [2.75, 3.05) is 38.6 Å². The molecule has 0 N–H and O–H groups in total. The van der Waals surface area contributed by atoms with Crippen LogP contribution in [0, 0.1) is 0 Å². The summed E-state index contributed by atoms with van der Waals surface area (Å²) in [7, 11) is 0.248. The summed E-state index contributed by atoms with van der Waals surface area (Å²) in [6, 6.07) is 21.1. The Balaban J connectivity index is 1.59. The topological polar surface area (TPSA) is 73.8 Å². The maximum atomic E-state index is 13.7. The zero-order valence-corrected chi connectivity index (χ0v) is 24.1. The van der Waals surface area contributed by atoms with Crippen molar-refractivity contribution < 1.29 is 13.2 Å². The highest BCUT2D eigenvalue weighted by molar-refractivity contribution is 7.89. The van der Waals surface area contributed by atoms with Gasteiger partial charge in [0.2, 0.25) is 10.0 Å². The fourth-order valence-electron chi connectivity index (χ4n) is 4.06. The van der Waals surface area contributed by atoms with Gasteiger partial charge in [-0.15, -0.1) is 0 Å². The van der Waals surface area contributed by atoms with Gasteiger partial charge in [-0.1, -0.05) is 60.2 Å². The van der Waals surface area contributed by atoms with Crippen LogP contribution < -0.4 is 4.90 Å². The SMILES string of the molecule is CCN(Cc1ccccc1)S(=O)(=O)c1ccc(C(=O)N(CCCN(C)C)c2nc3ccc(Cl)cc3s2)cc1. The molecule has 7 nitrogen and oxygen atoms in total. The van der Waals surface area contributed by atoms with Gasteiger partial charge >= 0.3 is 0 Å². The van der Waals surface area contributed by atoms with Gasteiger partial charge < -0.3 is 4.90 Å². The van der Waals surface area contributed by atoms with Gasteiger partial charge in [0, 0.05) is 30.2 Å². The molecule has 0 aliphatic rings. The zero-order chi connectivity index (χ0) is 27.3. The first kappa shape index (κ1) is 28.2. The van der Waals surface area contributed by atoms with Crippen LogP contribution in [0.4, 0.5) is 5.13 Å². The van der Waals surface area contributed by atoms with E-state index in [-0.39, 0.29) is 17.3 Å². The van der Waals surface area contributed by atoms with Crippen molar-refractivity contribution in [1.29, 1.82) is 0 Å². The molecule has 0 aliphatic carbocycles. The molecule has 38 heavy (non-hydrogen) atoms. The Hall–Kier alpha value is -2.82. The van der Waals surface area contributed by atoms with Gasteiger partial charge in [0.05, 0.1) is 15.1 Å². The first-order valence-corrected chi connectivity index (χ1v) is 15.0. The summed E-state index contributed by atoms with van der Waals surface area (Å²) in [5.41, 5.74) is 2.09. The number of amides is 1. The minimum atomic E-state index is -3.73. The van der Waals surface area contributed by atoms with Crippen molar-refractivity contribution in [3.05, 3.63) is 88.9 Å². The summed E-state index contributed by atoms with van der Waals surface area (Å²) in [4.78, 5) is 22.2. The number of thiazole rings is 1. The second-order valence-electron chi connectivity index (χ2n) is 9.16. The number of halogens is 1. The normalized spacial score (nSPS) is 11.9. The molecule has 0 fully saturated rings. The number of hydrogen-bond donors (Lipinski definition) is 0. The standard InChI is InChI=1S/C28H31ClN4O3S2/c1-4-32(20-21-9-6-5-7-10-21)38(35,36)24-14-11-22(12-15-24)27(34)33(18-8-17-31(2)3)28-30-25-16-13-23(29)19-26(25)37-28/h5-7,9-16,19H,4,8,17-18,20H2,1-3H3. The van der Waals surface area contributed by atoms with Crippen LogP contribution >= 0.6 is 22.9 Å². The molecule has 0 unspecified atom stereocenters. The van der Waals surface area contributed by atoms with Crippen molar-refractivity contribution >= 4 is 54.2 Å². The second kappa shape index (κ2) is 12.4. The summed E-state index contributed by atoms with van der Waals surface area (Å²) in [5, 5.41) is 1.20. The van der Waals surface area contributed by atoms with Gasteiger partial charge in [-0.25, -0.2) is 13.4 Å². The molecule has 1 aromatic heterocycles. The van der Waals surface area contributed by atoms with Crippen LogP contribution in [0.3, 0.4) is 0 Å². The van der Waals surface area contributed by atoms with Crippen molar-refractivity contribution in [1.82, 2.24) is 14.2 Å². The minimum Gasteiger partial charge on any atom is -0.309 e. The first-order chi connectivity index (χ1) is 18.2. The van der Waals surface area contributed by atoms with E-state index in [9.17, 15) is 13.2 Å². The molecule has 0 saturated heterocycles. The van der Waals surface area contributed by atoms with Gasteiger partial charge in [-0.05, 0) is 75.1 Å². The van der Waals surface area contributed by atoms with E-state index in [2.05, 4.69) is 9.88 Å². The molecule has 0 spiro atoms. The smallest absolute Gasteiger partial charge is 0.260 e. The van der Waals surface area contributed by atoms with Crippen LogP contribution in [0.25, 0.3) is 10.2 Å². The maximum Gasteiger partial charge on any atom is 0.260 e. The number of nitrogens with zero attached hydrogens (tertiary/aromatic N) is 4. The Morgan fingerprint density at radius 2 is 1.68 bits per heavy atom. The number of rotatable bonds is 11. The fourth-order valence-corrected chi connectivity index (χ4v) is 6.76. The molecule has 0 atom stereocenters. The Bertz CT molecular complexity index is 1490. The average molecular weight is 571 g/mol. The van der Waals surface area contributed by atoms with E-state index in [0.29, 0.717) is 28.8 Å². The largest absolute Gasteiger partial charge is 0.309 e. The van der Waals surface area contributed by atoms with Gasteiger partial charge in [0.25, 0.3) is 5.91 Å². The Labute approximate surface area is 233 Å². The highest BCUT2D eigenvalue weighted by Gasteiger charge is 2.25. The summed E-state index contributed by atoms with van der Waals surface area (Å²) >= 11 is 7.56. The molecule has 0 radical (unpaired) electrons. The molecule has 10 heteroatoms. The van der Waals surface area contributed by atoms with Crippen LogP contribution in [-0.4, -0.2) is 62.2 Å². The maximum absolute atomic E-state index is 13.7. The molecule has 3 aromatic carbocycles. The summed E-state index contributed by atoms with van der Waals surface area (Å²) in [6.07, 6.45) is 0.757. The predicted molar refractivity (Wildman–Crippen MR) is 156 cm³/mol. The van der Waals surface area contributed by atoms with E-state index in [4.69, 9.17) is 11.6 Å². The number of carbonyl (C=O) groups excluding carboxylic acids is 1. The number of sulfonamides is 1. The number of aromatic nitrogens is 1. The molecule has 4 rings (SSSR count). The van der Waals surface area contributed by atoms with Crippen molar-refractivity contribution in [3.63, 3.8) is 0 Å². The number of carbonyl (C=O) groups is 1. The van der Waals surface area contributed by atoms with E-state index in [1.54, 1.807) is 23.1 Å². The fraction of sp³-hybridized carbons (Fsp3) is 0.286. The van der Waals surface area contributed by atoms with E-state index < -0.39 is 10.0 Å². The first-order valence-electron chi connectivity index (χ1n) is 12.4. The van der Waals surface area contributed by atoms with Crippen LogP contribution in [-0.2, 0) is 16.6 Å². The number of benzene rings is 3. The lowest BCUT2D eigenvalue weighted by molar-refractivity contribution is 0.0986. The number of fused-ring (bicyclic) bond motifs is 1. The summed E-state index contributed by atoms with van der Waals surface area (Å²) < 4.78 is 29.0. The summed E-state index contributed by atoms with van der Waals surface area (Å²) in [6.45, 7) is 3.72. The minimum absolute atomic E-state index is 0.153. The van der Waals surface area contributed by atoms with Crippen molar-refractivity contribution in [2.24, 2.45) is 0 Å². The summed E-state index contributed by atoms with van der Waals surface area (Å²) in [5.74, 6) is -0.227. The third kappa shape index (κ3) is 6.59. The molecule has 4 aromatic rings. The highest BCUT2D eigenvalue weighted by atomic mass is 35.5. The van der Waals surface area contributed by atoms with Crippen molar-refractivity contribution in [2.45, 2.75) is 24.8 Å². The zero-order valence-electron chi connectivity index (χ0n) is 21.7. The molecule has 1 amide bonds. The average Bonchev–Trinajstić information content (AvgIpc) is 3.32. The predicted octanol–water partition coefficient (Wildman–Crippen LogP) is 5.76. The molecule has 0 bridgehead atoms. The molecule has 0 saturated carbocycles. The Morgan fingerprint density at radius 1 is 0.974 bits per heavy atom. The third-order valence-corrected chi connectivity index (χ3v) is 9.31. The van der Waals surface area contributed by atoms with Gasteiger partial charge in [0.1, 0.15) is 0 Å². The van der Waals surface area contributed by atoms with E-state index in [1.807, 2.05) is 63.5 Å². The lowest BCUT2D eigenvalue weighted by atomic mass is 10.2. The van der Waals surface area contributed by atoms with E-state index in [1.165, 1.54) is 27.8 Å². The van der Waals surface area contributed by atoms with Crippen molar-refractivity contribution in [3.8, 4) is 0 Å². The van der Waals surface area contributed by atoms with E-state index >= 15 is 0 Å². The number of hydrogen-bond acceptors (Lipinski definition) is 6. The Morgan fingerprint density at radius 3 is 2.34 bits per heavy atom. The third-order valence-electron chi connectivity index (χ3n) is 6.10. The number of anilines is 1. The Kier molecular flexibility index (Phi) is 9.17. The molecular weight excluding hydrogens is 540 g/mol. The lowest BCUT2D eigenvalue weighted by Crippen LogP contribution is -2.33. The lowest BCUT2D eigenvalue weighted by Gasteiger charge is -2.22. The van der Waals surface area contributed by atoms with E-state index in [0.717, 1.165) is 28.7 Å². The van der Waals surface area contributed by atoms with Crippen LogP contribution in [0.2, 0.25) is 5.02 Å². The van der Waals surface area contributed by atoms with Crippen LogP contribution in [0.15, 0.2) is 77.7 Å². The monoisotopic (exact) mass is 570 g/mol. The van der Waals surface area contributed by atoms with Gasteiger partial charge in [-0.2, -0.15) is 4.31 Å². The second-order valence-corrected chi connectivity index (χ2v) is 12.5. The molecule has 0 aliphatic heterocycles. The highest BCUT2D eigenvalue weighted by Crippen LogP contribution is 2.32. The molecule has 200 valence electrons. The van der Waals surface area contributed by atoms with Crippen LogP contribution in [0.5, 0.6) is 0 Å². The quantitative estimate of drug-likeness (QED) is 0.229. The van der Waals surface area contributed by atoms with Gasteiger partial charge in [0.15, 0.2) is 5.13 Å². The molecule has 1 heterocycles.